The number of hydrogen-bond donors (Lipinski definition) is 2. The van der Waals surface area contributed by atoms with Gasteiger partial charge < -0.3 is 10.2 Å². The Morgan fingerprint density at radius 2 is 1.77 bits per heavy atom. The van der Waals surface area contributed by atoms with E-state index in [1.165, 1.54) is 6.20 Å². The number of rotatable bonds is 10. The maximum absolute atomic E-state index is 12.3. The number of carbonyl (C=O) groups is 2. The molecule has 1 aromatic carbocycles. The van der Waals surface area contributed by atoms with E-state index in [2.05, 4.69) is 70.1 Å². The fraction of sp³-hybridized carbons (Fsp3) is 0.425. The number of nitriles is 2. The third kappa shape index (κ3) is 7.78. The van der Waals surface area contributed by atoms with Crippen molar-refractivity contribution >= 4 is 45.8 Å². The average Bonchev–Trinajstić information content (AvgIpc) is 3.89. The van der Waals surface area contributed by atoms with Gasteiger partial charge in [-0.2, -0.15) is 20.3 Å². The maximum Gasteiger partial charge on any atom is 0.234 e. The van der Waals surface area contributed by atoms with Crippen LogP contribution in [0.25, 0.3) is 22.5 Å². The topological polar surface area (TPSA) is 187 Å². The molecule has 0 radical (unpaired) electrons. The van der Waals surface area contributed by atoms with Gasteiger partial charge >= 0.3 is 0 Å². The van der Waals surface area contributed by atoms with Gasteiger partial charge in [0.1, 0.15) is 17.8 Å². The van der Waals surface area contributed by atoms with Crippen LogP contribution in [0.5, 0.6) is 0 Å². The lowest BCUT2D eigenvalue weighted by atomic mass is 9.79. The molecule has 2 N–H and O–H groups in total. The molecular weight excluding hydrogens is 730 g/mol. The fourth-order valence-electron chi connectivity index (χ4n) is 8.14. The van der Waals surface area contributed by atoms with Gasteiger partial charge in [0.05, 0.1) is 47.5 Å². The first-order chi connectivity index (χ1) is 27.3. The van der Waals surface area contributed by atoms with Crippen LogP contribution in [0.2, 0.25) is 0 Å². The van der Waals surface area contributed by atoms with Crippen LogP contribution in [0.15, 0.2) is 61.2 Å². The third-order valence-electron chi connectivity index (χ3n) is 11.4. The van der Waals surface area contributed by atoms with Gasteiger partial charge in [-0.3, -0.25) is 19.8 Å². The molecule has 2 saturated heterocycles. The second kappa shape index (κ2) is 16.1. The highest BCUT2D eigenvalue weighted by molar-refractivity contribution is 6.21. The number of amides is 2. The Labute approximate surface area is 329 Å². The molecule has 3 aliphatic rings. The summed E-state index contributed by atoms with van der Waals surface area (Å²) in [6.07, 6.45) is 11.7. The summed E-state index contributed by atoms with van der Waals surface area (Å²) in [5.74, 6) is 0.541. The largest absolute Gasteiger partial charge is 0.369 e. The number of piperazine rings is 1. The number of fused-ring (bicyclic) bond motifs is 1. The van der Waals surface area contributed by atoms with E-state index in [9.17, 15) is 20.1 Å². The summed E-state index contributed by atoms with van der Waals surface area (Å²) in [5, 5.41) is 38.9. The van der Waals surface area contributed by atoms with Gasteiger partial charge in [-0.1, -0.05) is 17.3 Å². The van der Waals surface area contributed by atoms with E-state index in [0.29, 0.717) is 47.2 Å². The lowest BCUT2D eigenvalue weighted by Crippen LogP contribution is -2.48. The predicted molar refractivity (Wildman–Crippen MR) is 210 cm³/mol. The zero-order valence-electron chi connectivity index (χ0n) is 31.1. The molecule has 3 fully saturated rings. The molecule has 56 heavy (non-hydrogen) atoms. The summed E-state index contributed by atoms with van der Waals surface area (Å²) in [6.45, 7) is 6.35. The lowest BCUT2D eigenvalue weighted by Gasteiger charge is -2.39. The number of aromatic nitrogens is 7. The highest BCUT2D eigenvalue weighted by Crippen LogP contribution is 2.38. The standard InChI is InChI=1S/C40H42ClN13O2/c1-25(18-42)47-34-17-37(54-39-30(21-46-54)16-26(19-43)20-45-39)44-22-36(34)53-24-35(49-50-53)29-4-2-28(3-5-29)33(41)23-51-12-14-52(15-13-51)31-8-6-27(7-9-31)32-10-11-38(55)48-40(32)56/h6-9,16-17,20-22,24-25,28-29,32-33H,2-5,10-15,23H2,1H3,(H,44,47)(H,48,55,56)/t25-,28?,29?,32?,33+/m1/s1. The number of nitrogens with one attached hydrogen (secondary N) is 2. The molecule has 3 atom stereocenters. The SMILES string of the molecule is C[C@H](C#N)Nc1cc(-n2ncc3cc(C#N)cnc32)ncc1-n1cc(C2CCC([C@@H](Cl)CN3CCN(c4ccc(C5CCC(=O)NC5=O)cc4)CC3)CC2)nn1. The number of imide groups is 1. The smallest absolute Gasteiger partial charge is 0.234 e. The Balaban J connectivity index is 0.852. The molecule has 15 nitrogen and oxygen atoms in total. The predicted octanol–water partition coefficient (Wildman–Crippen LogP) is 4.82. The van der Waals surface area contributed by atoms with Gasteiger partial charge in [0.15, 0.2) is 11.5 Å². The van der Waals surface area contributed by atoms with E-state index in [1.54, 1.807) is 34.7 Å². The van der Waals surface area contributed by atoms with Gasteiger partial charge in [0.2, 0.25) is 11.8 Å². The van der Waals surface area contributed by atoms with Crippen molar-refractivity contribution < 1.29 is 9.59 Å². The highest BCUT2D eigenvalue weighted by atomic mass is 35.5. The molecule has 1 unspecified atom stereocenters. The lowest BCUT2D eigenvalue weighted by molar-refractivity contribution is -0.134. The summed E-state index contributed by atoms with van der Waals surface area (Å²) < 4.78 is 3.31. The second-order valence-electron chi connectivity index (χ2n) is 15.0. The van der Waals surface area contributed by atoms with Gasteiger partial charge in [-0.15, -0.1) is 16.7 Å². The van der Waals surface area contributed by atoms with E-state index >= 15 is 0 Å². The van der Waals surface area contributed by atoms with E-state index in [4.69, 9.17) is 11.6 Å². The number of hydrogen-bond acceptors (Lipinski definition) is 12. The summed E-state index contributed by atoms with van der Waals surface area (Å²) in [7, 11) is 0. The van der Waals surface area contributed by atoms with Gasteiger partial charge in [0, 0.05) is 73.8 Å². The van der Waals surface area contributed by atoms with E-state index in [1.807, 2.05) is 24.4 Å². The van der Waals surface area contributed by atoms with Crippen molar-refractivity contribution in [2.45, 2.75) is 68.7 Å². The Morgan fingerprint density at radius 1 is 0.982 bits per heavy atom. The molecule has 0 bridgehead atoms. The van der Waals surface area contributed by atoms with Crippen LogP contribution in [0.3, 0.4) is 0 Å². The van der Waals surface area contributed by atoms with Crippen LogP contribution in [0.1, 0.15) is 74.1 Å². The zero-order valence-corrected chi connectivity index (χ0v) is 31.8. The van der Waals surface area contributed by atoms with Crippen LogP contribution in [-0.4, -0.2) is 95.6 Å². The molecule has 2 aliphatic heterocycles. The molecule has 16 heteroatoms. The van der Waals surface area contributed by atoms with Crippen molar-refractivity contribution in [3.05, 3.63) is 78.0 Å². The average molecular weight is 772 g/mol. The number of anilines is 2. The second-order valence-corrected chi connectivity index (χ2v) is 15.5. The normalized spacial score (nSPS) is 21.6. The molecule has 2 amide bonds. The number of halogens is 1. The van der Waals surface area contributed by atoms with Crippen LogP contribution in [-0.2, 0) is 9.59 Å². The first-order valence-corrected chi connectivity index (χ1v) is 19.6. The minimum Gasteiger partial charge on any atom is -0.369 e. The molecule has 1 aliphatic carbocycles. The summed E-state index contributed by atoms with van der Waals surface area (Å²) in [5.41, 5.74) is 5.35. The number of alkyl halides is 1. The summed E-state index contributed by atoms with van der Waals surface area (Å²) >= 11 is 7.10. The fourth-order valence-corrected chi connectivity index (χ4v) is 8.59. The minimum atomic E-state index is -0.480. The number of pyridine rings is 2. The first-order valence-electron chi connectivity index (χ1n) is 19.1. The Bertz CT molecular complexity index is 2310. The van der Waals surface area contributed by atoms with Crippen molar-refractivity contribution in [2.24, 2.45) is 5.92 Å². The van der Waals surface area contributed by atoms with Crippen molar-refractivity contribution in [1.82, 2.24) is 45.0 Å². The number of benzene rings is 1. The van der Waals surface area contributed by atoms with Crippen LogP contribution in [0, 0.1) is 28.6 Å². The quantitative estimate of drug-likeness (QED) is 0.146. The molecule has 5 aromatic rings. The van der Waals surface area contributed by atoms with Gasteiger partial charge in [-0.25, -0.2) is 14.6 Å². The summed E-state index contributed by atoms with van der Waals surface area (Å²) in [4.78, 5) is 37.8. The Kier molecular flexibility index (Phi) is 10.6. The highest BCUT2D eigenvalue weighted by Gasteiger charge is 2.31. The first kappa shape index (κ1) is 37.0. The summed E-state index contributed by atoms with van der Waals surface area (Å²) in [6, 6.07) is 15.6. The zero-order chi connectivity index (χ0) is 38.8. The molecule has 286 valence electrons. The Morgan fingerprint density at radius 3 is 2.50 bits per heavy atom. The molecular formula is C40H42ClN13O2. The number of nitrogens with zero attached hydrogens (tertiary/aromatic N) is 11. The minimum absolute atomic E-state index is 0.0711. The van der Waals surface area contributed by atoms with Crippen LogP contribution >= 0.6 is 11.6 Å². The number of piperidine rings is 1. The molecule has 6 heterocycles. The van der Waals surface area contributed by atoms with Gasteiger partial charge in [-0.05, 0) is 68.7 Å². The molecule has 0 spiro atoms. The third-order valence-corrected chi connectivity index (χ3v) is 11.8. The van der Waals surface area contributed by atoms with Crippen LogP contribution in [0.4, 0.5) is 11.4 Å². The van der Waals surface area contributed by atoms with Crippen molar-refractivity contribution in [2.75, 3.05) is 42.9 Å². The Hall–Kier alpha value is -5.90. The van der Waals surface area contributed by atoms with Crippen molar-refractivity contribution in [3.63, 3.8) is 0 Å². The van der Waals surface area contributed by atoms with Gasteiger partial charge in [0.25, 0.3) is 0 Å². The van der Waals surface area contributed by atoms with Crippen LogP contribution < -0.4 is 15.5 Å². The molecule has 1 saturated carbocycles. The number of carbonyl (C=O) groups excluding carboxylic acids is 2. The van der Waals surface area contributed by atoms with Crippen molar-refractivity contribution in [1.29, 1.82) is 10.5 Å². The van der Waals surface area contributed by atoms with E-state index in [0.717, 1.165) is 80.7 Å². The van der Waals surface area contributed by atoms with Crippen molar-refractivity contribution in [3.8, 4) is 23.6 Å². The van der Waals surface area contributed by atoms with E-state index < -0.39 is 6.04 Å². The maximum atomic E-state index is 12.3. The molecule has 8 rings (SSSR count). The monoisotopic (exact) mass is 771 g/mol. The van der Waals surface area contributed by atoms with E-state index in [-0.39, 0.29) is 29.0 Å². The molecule has 4 aromatic heterocycles.